The predicted molar refractivity (Wildman–Crippen MR) is 144 cm³/mol. The van der Waals surface area contributed by atoms with Crippen molar-refractivity contribution in [3.8, 4) is 34.7 Å². The third-order valence-corrected chi connectivity index (χ3v) is 8.46. The van der Waals surface area contributed by atoms with E-state index >= 15 is 0 Å². The lowest BCUT2D eigenvalue weighted by Gasteiger charge is -2.26. The molecule has 2 heterocycles. The molecule has 1 fully saturated rings. The number of benzene rings is 2. The van der Waals surface area contributed by atoms with Gasteiger partial charge in [0.1, 0.15) is 11.8 Å². The highest BCUT2D eigenvalue weighted by molar-refractivity contribution is 7.89. The van der Waals surface area contributed by atoms with E-state index < -0.39 is 10.0 Å². The fourth-order valence-electron chi connectivity index (χ4n) is 5.25. The Labute approximate surface area is 223 Å². The van der Waals surface area contributed by atoms with Gasteiger partial charge in [-0.3, -0.25) is 0 Å². The Hall–Kier alpha value is -3.26. The van der Waals surface area contributed by atoms with Crippen LogP contribution in [0.15, 0.2) is 40.9 Å². The van der Waals surface area contributed by atoms with E-state index in [2.05, 4.69) is 25.8 Å². The molecule has 3 aromatic rings. The molecular weight excluding hydrogens is 502 g/mol. The second-order valence-electron chi connectivity index (χ2n) is 10.2. The van der Waals surface area contributed by atoms with Gasteiger partial charge in [-0.1, -0.05) is 29.8 Å². The van der Waals surface area contributed by atoms with Crippen LogP contribution in [-0.4, -0.2) is 54.9 Å². The van der Waals surface area contributed by atoms with Gasteiger partial charge in [0.25, 0.3) is 5.89 Å². The zero-order valence-electron chi connectivity index (χ0n) is 21.8. The van der Waals surface area contributed by atoms with Gasteiger partial charge in [0.05, 0.1) is 17.4 Å². The summed E-state index contributed by atoms with van der Waals surface area (Å²) in [5.74, 6) is 1.36. The lowest BCUT2D eigenvalue weighted by molar-refractivity contribution is 0.241. The van der Waals surface area contributed by atoms with E-state index in [4.69, 9.17) is 9.26 Å². The topological polar surface area (TPSA) is 121 Å². The number of hydrogen-bond acceptors (Lipinski definition) is 8. The van der Waals surface area contributed by atoms with Crippen LogP contribution in [0, 0.1) is 11.3 Å². The van der Waals surface area contributed by atoms with Gasteiger partial charge in [-0.25, -0.2) is 13.1 Å². The van der Waals surface area contributed by atoms with Crippen molar-refractivity contribution in [2.75, 3.05) is 25.4 Å². The van der Waals surface area contributed by atoms with Crippen molar-refractivity contribution in [3.05, 3.63) is 53.1 Å². The summed E-state index contributed by atoms with van der Waals surface area (Å²) in [5, 5.41) is 13.8. The molecule has 2 aromatic carbocycles. The van der Waals surface area contributed by atoms with Gasteiger partial charge in [0.15, 0.2) is 0 Å². The van der Waals surface area contributed by atoms with Gasteiger partial charge in [0.2, 0.25) is 15.8 Å². The molecule has 1 saturated heterocycles. The van der Waals surface area contributed by atoms with Crippen molar-refractivity contribution < 1.29 is 17.7 Å². The maximum absolute atomic E-state index is 12.9. The number of likely N-dealkylation sites (tertiary alicyclic amines) is 1. The minimum absolute atomic E-state index is 0.0499. The molecular formula is C28H33N5O4S. The number of nitrogens with one attached hydrogen (secondary N) is 1. The van der Waals surface area contributed by atoms with Gasteiger partial charge in [-0.15, -0.1) is 0 Å². The molecule has 0 amide bonds. The van der Waals surface area contributed by atoms with Crippen LogP contribution < -0.4 is 9.46 Å². The normalized spacial score (nSPS) is 17.9. The lowest BCUT2D eigenvalue weighted by Crippen LogP contribution is -2.38. The summed E-state index contributed by atoms with van der Waals surface area (Å²) in [4.78, 5) is 6.84. The van der Waals surface area contributed by atoms with Crippen molar-refractivity contribution in [1.29, 1.82) is 5.26 Å². The molecule has 10 heteroatoms. The zero-order chi connectivity index (χ0) is 26.7. The molecule has 0 radical (unpaired) electrons. The van der Waals surface area contributed by atoms with E-state index in [9.17, 15) is 13.7 Å². The monoisotopic (exact) mass is 535 g/mol. The fourth-order valence-corrected chi connectivity index (χ4v) is 6.55. The van der Waals surface area contributed by atoms with Crippen molar-refractivity contribution in [1.82, 2.24) is 19.8 Å². The number of fused-ring (bicyclic) bond motifs is 1. The van der Waals surface area contributed by atoms with Crippen LogP contribution in [0.4, 0.5) is 0 Å². The Bertz CT molecular complexity index is 1440. The highest BCUT2D eigenvalue weighted by Gasteiger charge is 2.30. The molecule has 1 aliphatic carbocycles. The molecule has 200 valence electrons. The third kappa shape index (κ3) is 5.90. The van der Waals surface area contributed by atoms with Crippen LogP contribution >= 0.6 is 0 Å². The molecule has 0 spiro atoms. The average Bonchev–Trinajstić information content (AvgIpc) is 3.56. The third-order valence-electron chi connectivity index (χ3n) is 7.09. The molecule has 1 aromatic heterocycles. The maximum atomic E-state index is 12.9. The minimum atomic E-state index is -3.41. The van der Waals surface area contributed by atoms with Crippen LogP contribution in [0.3, 0.4) is 0 Å². The summed E-state index contributed by atoms with van der Waals surface area (Å²) in [7, 11) is -3.41. The second kappa shape index (κ2) is 11.2. The molecule has 1 N–H and O–H groups in total. The number of nitriles is 1. The summed E-state index contributed by atoms with van der Waals surface area (Å²) in [6, 6.07) is 12.9. The molecule has 0 saturated carbocycles. The first kappa shape index (κ1) is 26.4. The zero-order valence-corrected chi connectivity index (χ0v) is 22.6. The van der Waals surface area contributed by atoms with Crippen LogP contribution in [-0.2, 0) is 16.4 Å². The largest absolute Gasteiger partial charge is 0.490 e. The van der Waals surface area contributed by atoms with Crippen LogP contribution in [0.25, 0.3) is 22.8 Å². The van der Waals surface area contributed by atoms with E-state index in [1.165, 1.54) is 6.42 Å². The number of rotatable bonds is 9. The summed E-state index contributed by atoms with van der Waals surface area (Å²) in [5.41, 5.74) is 3.84. The van der Waals surface area contributed by atoms with Gasteiger partial charge < -0.3 is 14.2 Å². The van der Waals surface area contributed by atoms with Gasteiger partial charge in [-0.05, 0) is 81.9 Å². The summed E-state index contributed by atoms with van der Waals surface area (Å²) in [6.45, 7) is 6.33. The molecule has 9 nitrogen and oxygen atoms in total. The van der Waals surface area contributed by atoms with Gasteiger partial charge in [-0.2, -0.15) is 10.2 Å². The number of ether oxygens (including phenoxy) is 1. The first-order chi connectivity index (χ1) is 18.3. The molecule has 1 aliphatic heterocycles. The van der Waals surface area contributed by atoms with E-state index in [1.807, 2.05) is 32.0 Å². The quantitative estimate of drug-likeness (QED) is 0.426. The molecule has 1 atom stereocenters. The summed E-state index contributed by atoms with van der Waals surface area (Å²) >= 11 is 0. The van der Waals surface area contributed by atoms with Crippen LogP contribution in [0.2, 0.25) is 0 Å². The number of piperidine rings is 1. The van der Waals surface area contributed by atoms with E-state index in [1.54, 1.807) is 18.2 Å². The standard InChI is InChI=1S/C28H33N5O4S/c1-19(2)36-26-12-9-20(17-21(26)18-29)28-30-27(31-37-28)24-8-6-7-23-22(24)10-11-25(23)32-38(34,35)16-15-33-13-4-3-5-14-33/h6-9,12,17,19,25,32H,3-5,10-11,13-16H2,1-2H3. The van der Waals surface area contributed by atoms with E-state index in [-0.39, 0.29) is 17.9 Å². The molecule has 38 heavy (non-hydrogen) atoms. The molecule has 1 unspecified atom stereocenters. The Morgan fingerprint density at radius 1 is 1.21 bits per heavy atom. The first-order valence-corrected chi connectivity index (χ1v) is 14.9. The first-order valence-electron chi connectivity index (χ1n) is 13.2. The number of hydrogen-bond donors (Lipinski definition) is 1. The second-order valence-corrected chi connectivity index (χ2v) is 12.1. The SMILES string of the molecule is CC(C)Oc1ccc(-c2nc(-c3cccc4c3CCC4NS(=O)(=O)CCN3CCCCC3)no2)cc1C#N. The molecule has 2 aliphatic rings. The summed E-state index contributed by atoms with van der Waals surface area (Å²) < 4.78 is 39.9. The van der Waals surface area contributed by atoms with Crippen molar-refractivity contribution in [3.63, 3.8) is 0 Å². The Balaban J connectivity index is 1.32. The van der Waals surface area contributed by atoms with Crippen LogP contribution in [0.5, 0.6) is 5.75 Å². The Morgan fingerprint density at radius 2 is 2.03 bits per heavy atom. The van der Waals surface area contributed by atoms with Crippen molar-refractivity contribution in [2.45, 2.75) is 58.1 Å². The van der Waals surface area contributed by atoms with Crippen molar-refractivity contribution >= 4 is 10.0 Å². The number of aromatic nitrogens is 2. The molecule has 5 rings (SSSR count). The van der Waals surface area contributed by atoms with Gasteiger partial charge >= 0.3 is 0 Å². The van der Waals surface area contributed by atoms with Crippen molar-refractivity contribution in [2.24, 2.45) is 0 Å². The average molecular weight is 536 g/mol. The van der Waals surface area contributed by atoms with Gasteiger partial charge in [0, 0.05) is 23.7 Å². The lowest BCUT2D eigenvalue weighted by atomic mass is 10.0. The smallest absolute Gasteiger partial charge is 0.258 e. The highest BCUT2D eigenvalue weighted by atomic mass is 32.2. The fraction of sp³-hybridized carbons (Fsp3) is 0.464. The Morgan fingerprint density at radius 3 is 2.79 bits per heavy atom. The summed E-state index contributed by atoms with van der Waals surface area (Å²) in [6.07, 6.45) is 4.86. The maximum Gasteiger partial charge on any atom is 0.258 e. The number of sulfonamides is 1. The predicted octanol–water partition coefficient (Wildman–Crippen LogP) is 4.46. The van der Waals surface area contributed by atoms with Crippen LogP contribution in [0.1, 0.15) is 62.3 Å². The van der Waals surface area contributed by atoms with E-state index in [0.717, 1.165) is 42.6 Å². The highest BCUT2D eigenvalue weighted by Crippen LogP contribution is 2.38. The van der Waals surface area contributed by atoms with E-state index in [0.29, 0.717) is 48.0 Å². The number of nitrogens with zero attached hydrogens (tertiary/aromatic N) is 4. The Kier molecular flexibility index (Phi) is 7.79. The molecule has 0 bridgehead atoms. The minimum Gasteiger partial charge on any atom is -0.490 e.